The molecule has 3 rings (SSSR count). The van der Waals surface area contributed by atoms with Crippen LogP contribution in [0.4, 0.5) is 0 Å². The summed E-state index contributed by atoms with van der Waals surface area (Å²) in [7, 11) is -3.78. The van der Waals surface area contributed by atoms with Gasteiger partial charge in [-0.05, 0) is 42.0 Å². The molecule has 112 valence electrons. The minimum absolute atomic E-state index is 0.0394. The standard InChI is InChI=1S/C17H14O3S2/c1-21-13-7-9-14(10-8-13)22(19,20)17-15-5-3-2-4-12(15)6-11-16(17)18/h2-11,18H,1H3. The smallest absolute Gasteiger partial charge is 0.210 e. The summed E-state index contributed by atoms with van der Waals surface area (Å²) in [5, 5.41) is 11.4. The van der Waals surface area contributed by atoms with E-state index in [0.29, 0.717) is 5.39 Å². The zero-order valence-electron chi connectivity index (χ0n) is 11.9. The van der Waals surface area contributed by atoms with Gasteiger partial charge < -0.3 is 5.11 Å². The Bertz CT molecular complexity index is 930. The van der Waals surface area contributed by atoms with Gasteiger partial charge in [0.2, 0.25) is 9.84 Å². The molecule has 0 amide bonds. The van der Waals surface area contributed by atoms with Crippen molar-refractivity contribution in [2.24, 2.45) is 0 Å². The van der Waals surface area contributed by atoms with Gasteiger partial charge >= 0.3 is 0 Å². The lowest BCUT2D eigenvalue weighted by molar-refractivity contribution is 0.460. The molecular weight excluding hydrogens is 316 g/mol. The lowest BCUT2D eigenvalue weighted by Crippen LogP contribution is -2.03. The van der Waals surface area contributed by atoms with Crippen LogP contribution >= 0.6 is 11.8 Å². The van der Waals surface area contributed by atoms with Gasteiger partial charge in [-0.1, -0.05) is 30.3 Å². The average molecular weight is 330 g/mol. The van der Waals surface area contributed by atoms with Gasteiger partial charge in [-0.2, -0.15) is 0 Å². The molecule has 0 bridgehead atoms. The summed E-state index contributed by atoms with van der Waals surface area (Å²) in [4.78, 5) is 1.13. The maximum Gasteiger partial charge on any atom is 0.210 e. The molecule has 0 unspecified atom stereocenters. The predicted molar refractivity (Wildman–Crippen MR) is 89.3 cm³/mol. The van der Waals surface area contributed by atoms with Crippen LogP contribution in [0.1, 0.15) is 0 Å². The van der Waals surface area contributed by atoms with Crippen molar-refractivity contribution in [3.63, 3.8) is 0 Å². The fourth-order valence-corrected chi connectivity index (χ4v) is 4.34. The molecule has 0 spiro atoms. The quantitative estimate of drug-likeness (QED) is 0.735. The molecular formula is C17H14O3S2. The monoisotopic (exact) mass is 330 g/mol. The zero-order valence-corrected chi connectivity index (χ0v) is 13.5. The van der Waals surface area contributed by atoms with Crippen molar-refractivity contribution in [2.75, 3.05) is 6.26 Å². The summed E-state index contributed by atoms with van der Waals surface area (Å²) in [5.74, 6) is -0.229. The van der Waals surface area contributed by atoms with Crippen molar-refractivity contribution in [2.45, 2.75) is 14.7 Å². The lowest BCUT2D eigenvalue weighted by atomic mass is 10.1. The second-order valence-electron chi connectivity index (χ2n) is 4.81. The van der Waals surface area contributed by atoms with E-state index in [-0.39, 0.29) is 15.5 Å². The number of hydrogen-bond donors (Lipinski definition) is 1. The first-order chi connectivity index (χ1) is 10.5. The van der Waals surface area contributed by atoms with Crippen LogP contribution in [-0.2, 0) is 9.84 Å². The number of phenolic OH excluding ortho intramolecular Hbond substituents is 1. The second-order valence-corrected chi connectivity index (χ2v) is 7.58. The number of thioether (sulfide) groups is 1. The number of hydrogen-bond acceptors (Lipinski definition) is 4. The third kappa shape index (κ3) is 2.46. The third-order valence-corrected chi connectivity index (χ3v) is 6.10. The van der Waals surface area contributed by atoms with Crippen LogP contribution in [0.25, 0.3) is 10.8 Å². The van der Waals surface area contributed by atoms with Gasteiger partial charge in [0.25, 0.3) is 0 Å². The molecule has 3 aromatic rings. The van der Waals surface area contributed by atoms with Crippen LogP contribution in [0.5, 0.6) is 5.75 Å². The normalized spacial score (nSPS) is 11.7. The Hall–Kier alpha value is -1.98. The maximum absolute atomic E-state index is 12.9. The van der Waals surface area contributed by atoms with Crippen LogP contribution < -0.4 is 0 Å². The van der Waals surface area contributed by atoms with Crippen LogP contribution in [0, 0.1) is 0 Å². The number of aromatic hydroxyl groups is 1. The largest absolute Gasteiger partial charge is 0.507 e. The summed E-state index contributed by atoms with van der Waals surface area (Å²) >= 11 is 1.55. The van der Waals surface area contributed by atoms with E-state index >= 15 is 0 Å². The molecule has 3 nitrogen and oxygen atoms in total. The van der Waals surface area contributed by atoms with Crippen molar-refractivity contribution < 1.29 is 13.5 Å². The molecule has 0 aliphatic carbocycles. The minimum atomic E-state index is -3.78. The first-order valence-corrected chi connectivity index (χ1v) is 9.34. The highest BCUT2D eigenvalue weighted by atomic mass is 32.2. The zero-order chi connectivity index (χ0) is 15.7. The van der Waals surface area contributed by atoms with E-state index in [1.165, 1.54) is 6.07 Å². The molecule has 0 heterocycles. The molecule has 0 radical (unpaired) electrons. The number of rotatable bonds is 3. The lowest BCUT2D eigenvalue weighted by Gasteiger charge is -2.10. The fraction of sp³-hybridized carbons (Fsp3) is 0.0588. The topological polar surface area (TPSA) is 54.4 Å². The molecule has 5 heteroatoms. The van der Waals surface area contributed by atoms with Gasteiger partial charge in [0.1, 0.15) is 10.6 Å². The van der Waals surface area contributed by atoms with Gasteiger partial charge in [-0.25, -0.2) is 8.42 Å². The molecule has 0 aromatic heterocycles. The summed E-state index contributed by atoms with van der Waals surface area (Å²) in [6.45, 7) is 0. The highest BCUT2D eigenvalue weighted by molar-refractivity contribution is 7.98. The summed E-state index contributed by atoms with van der Waals surface area (Å²) < 4.78 is 25.8. The molecule has 0 aliphatic rings. The first-order valence-electron chi connectivity index (χ1n) is 6.64. The molecule has 22 heavy (non-hydrogen) atoms. The van der Waals surface area contributed by atoms with E-state index in [4.69, 9.17) is 0 Å². The van der Waals surface area contributed by atoms with Crippen molar-refractivity contribution in [1.82, 2.24) is 0 Å². The average Bonchev–Trinajstić information content (AvgIpc) is 2.54. The molecule has 0 saturated heterocycles. The Balaban J connectivity index is 2.26. The number of phenols is 1. The van der Waals surface area contributed by atoms with Crippen LogP contribution in [0.2, 0.25) is 0 Å². The van der Waals surface area contributed by atoms with Gasteiger partial charge in [-0.15, -0.1) is 11.8 Å². The minimum Gasteiger partial charge on any atom is -0.507 e. The third-order valence-electron chi connectivity index (χ3n) is 3.50. The number of fused-ring (bicyclic) bond motifs is 1. The number of benzene rings is 3. The van der Waals surface area contributed by atoms with Crippen molar-refractivity contribution in [3.05, 3.63) is 60.7 Å². The fourth-order valence-electron chi connectivity index (χ4n) is 2.39. The first kappa shape index (κ1) is 14.9. The Kier molecular flexibility index (Phi) is 3.85. The second kappa shape index (κ2) is 5.66. The van der Waals surface area contributed by atoms with Gasteiger partial charge in [0, 0.05) is 10.3 Å². The Morgan fingerprint density at radius 2 is 1.59 bits per heavy atom. The van der Waals surface area contributed by atoms with Crippen LogP contribution in [0.3, 0.4) is 0 Å². The molecule has 0 saturated carbocycles. The van der Waals surface area contributed by atoms with E-state index < -0.39 is 9.84 Å². The molecule has 3 aromatic carbocycles. The van der Waals surface area contributed by atoms with Gasteiger partial charge in [0.15, 0.2) is 0 Å². The van der Waals surface area contributed by atoms with E-state index in [1.54, 1.807) is 54.2 Å². The van der Waals surface area contributed by atoms with E-state index in [1.807, 2.05) is 18.4 Å². The highest BCUT2D eigenvalue weighted by Crippen LogP contribution is 2.35. The van der Waals surface area contributed by atoms with E-state index in [9.17, 15) is 13.5 Å². The Labute approximate surface area is 133 Å². The molecule has 0 atom stereocenters. The highest BCUT2D eigenvalue weighted by Gasteiger charge is 2.24. The molecule has 0 aliphatic heterocycles. The summed E-state index contributed by atoms with van der Waals surface area (Å²) in [6, 6.07) is 16.9. The maximum atomic E-state index is 12.9. The van der Waals surface area contributed by atoms with Gasteiger partial charge in [0.05, 0.1) is 4.90 Å². The van der Waals surface area contributed by atoms with Gasteiger partial charge in [-0.3, -0.25) is 0 Å². The SMILES string of the molecule is CSc1ccc(S(=O)(=O)c2c(O)ccc3ccccc23)cc1. The predicted octanol–water partition coefficient (Wildman–Crippen LogP) is 4.10. The van der Waals surface area contributed by atoms with Crippen LogP contribution in [-0.4, -0.2) is 19.8 Å². The van der Waals surface area contributed by atoms with Crippen molar-refractivity contribution >= 4 is 32.4 Å². The molecule has 1 N–H and O–H groups in total. The van der Waals surface area contributed by atoms with E-state index in [2.05, 4.69) is 0 Å². The Morgan fingerprint density at radius 3 is 2.27 bits per heavy atom. The van der Waals surface area contributed by atoms with Crippen molar-refractivity contribution in [1.29, 1.82) is 0 Å². The van der Waals surface area contributed by atoms with E-state index in [0.717, 1.165) is 10.3 Å². The summed E-state index contributed by atoms with van der Waals surface area (Å²) in [5.41, 5.74) is 0. The van der Waals surface area contributed by atoms with Crippen LogP contribution in [0.15, 0.2) is 75.4 Å². The van der Waals surface area contributed by atoms with Crippen molar-refractivity contribution in [3.8, 4) is 5.75 Å². The Morgan fingerprint density at radius 1 is 0.909 bits per heavy atom. The summed E-state index contributed by atoms with van der Waals surface area (Å²) in [6.07, 6.45) is 1.93. The number of sulfone groups is 1. The molecule has 0 fully saturated rings.